The topological polar surface area (TPSA) is 95.1 Å². The molecule has 1 atom stereocenters. The molecule has 8 nitrogen and oxygen atoms in total. The maximum absolute atomic E-state index is 12.2. The molecule has 1 unspecified atom stereocenters. The van der Waals surface area contributed by atoms with Crippen molar-refractivity contribution >= 4 is 17.8 Å². The van der Waals surface area contributed by atoms with Crippen molar-refractivity contribution in [3.05, 3.63) is 29.8 Å². The summed E-state index contributed by atoms with van der Waals surface area (Å²) in [5, 5.41) is 9.37. The number of nitrogens with zero attached hydrogens (tertiary/aromatic N) is 2. The molecule has 0 aromatic heterocycles. The molecule has 0 saturated carbocycles. The Labute approximate surface area is 160 Å². The fourth-order valence-corrected chi connectivity index (χ4v) is 2.94. The SMILES string of the molecule is CCC(=O)N1CCC(NC(=NC)NCCNC(=O)c2cccc(OC)c2)C1. The summed E-state index contributed by atoms with van der Waals surface area (Å²) in [5.41, 5.74) is 0.559. The van der Waals surface area contributed by atoms with Gasteiger partial charge in [-0.05, 0) is 24.6 Å². The van der Waals surface area contributed by atoms with Crippen LogP contribution in [0.5, 0.6) is 5.75 Å². The van der Waals surface area contributed by atoms with E-state index in [-0.39, 0.29) is 17.9 Å². The first kappa shape index (κ1) is 20.5. The number of hydrogen-bond acceptors (Lipinski definition) is 4. The third-order valence-electron chi connectivity index (χ3n) is 4.44. The van der Waals surface area contributed by atoms with Gasteiger partial charge in [-0.2, -0.15) is 0 Å². The Bertz CT molecular complexity index is 677. The summed E-state index contributed by atoms with van der Waals surface area (Å²) in [6.07, 6.45) is 1.44. The second-order valence-electron chi connectivity index (χ2n) is 6.31. The number of carbonyl (C=O) groups is 2. The van der Waals surface area contributed by atoms with Gasteiger partial charge in [-0.3, -0.25) is 14.6 Å². The van der Waals surface area contributed by atoms with Gasteiger partial charge in [-0.1, -0.05) is 13.0 Å². The quantitative estimate of drug-likeness (QED) is 0.369. The minimum Gasteiger partial charge on any atom is -0.497 e. The number of aliphatic imine (C=N–C) groups is 1. The molecule has 1 fully saturated rings. The second kappa shape index (κ2) is 10.4. The molecular formula is C19H29N5O3. The summed E-state index contributed by atoms with van der Waals surface area (Å²) in [5.74, 6) is 1.35. The zero-order valence-electron chi connectivity index (χ0n) is 16.2. The average molecular weight is 375 g/mol. The molecule has 3 N–H and O–H groups in total. The fourth-order valence-electron chi connectivity index (χ4n) is 2.94. The predicted octanol–water partition coefficient (Wildman–Crippen LogP) is 0.601. The number of rotatable bonds is 7. The highest BCUT2D eigenvalue weighted by Gasteiger charge is 2.25. The second-order valence-corrected chi connectivity index (χ2v) is 6.31. The molecule has 1 aromatic carbocycles. The third-order valence-corrected chi connectivity index (χ3v) is 4.44. The summed E-state index contributed by atoms with van der Waals surface area (Å²) in [6.45, 7) is 4.35. The van der Waals surface area contributed by atoms with Crippen molar-refractivity contribution in [3.8, 4) is 5.75 Å². The van der Waals surface area contributed by atoms with Gasteiger partial charge in [0.05, 0.1) is 7.11 Å². The minimum atomic E-state index is -0.150. The number of guanidine groups is 1. The zero-order valence-corrected chi connectivity index (χ0v) is 16.2. The van der Waals surface area contributed by atoms with Crippen LogP contribution in [0, 0.1) is 0 Å². The van der Waals surface area contributed by atoms with Crippen LogP contribution in [0.3, 0.4) is 0 Å². The van der Waals surface area contributed by atoms with E-state index in [9.17, 15) is 9.59 Å². The first-order valence-corrected chi connectivity index (χ1v) is 9.24. The van der Waals surface area contributed by atoms with Gasteiger partial charge in [-0.25, -0.2) is 0 Å². The van der Waals surface area contributed by atoms with Gasteiger partial charge in [-0.15, -0.1) is 0 Å². The van der Waals surface area contributed by atoms with Gasteiger partial charge >= 0.3 is 0 Å². The Kier molecular flexibility index (Phi) is 7.91. The third kappa shape index (κ3) is 6.16. The molecule has 8 heteroatoms. The molecule has 27 heavy (non-hydrogen) atoms. The van der Waals surface area contributed by atoms with Crippen LogP contribution in [0.4, 0.5) is 0 Å². The molecule has 2 amide bonds. The summed E-state index contributed by atoms with van der Waals surface area (Å²) in [7, 11) is 3.27. The summed E-state index contributed by atoms with van der Waals surface area (Å²) < 4.78 is 5.13. The van der Waals surface area contributed by atoms with Gasteiger partial charge in [0.2, 0.25) is 5.91 Å². The van der Waals surface area contributed by atoms with Crippen LogP contribution in [0.1, 0.15) is 30.1 Å². The lowest BCUT2D eigenvalue weighted by Gasteiger charge is -2.18. The smallest absolute Gasteiger partial charge is 0.251 e. The number of methoxy groups -OCH3 is 1. The maximum atomic E-state index is 12.2. The lowest BCUT2D eigenvalue weighted by molar-refractivity contribution is -0.129. The van der Waals surface area contributed by atoms with E-state index >= 15 is 0 Å². The van der Waals surface area contributed by atoms with E-state index in [4.69, 9.17) is 4.74 Å². The van der Waals surface area contributed by atoms with Crippen molar-refractivity contribution in [3.63, 3.8) is 0 Å². The van der Waals surface area contributed by atoms with Crippen molar-refractivity contribution in [2.45, 2.75) is 25.8 Å². The van der Waals surface area contributed by atoms with Crippen LogP contribution in [0.25, 0.3) is 0 Å². The highest BCUT2D eigenvalue weighted by Crippen LogP contribution is 2.12. The molecular weight excluding hydrogens is 346 g/mol. The standard InChI is InChI=1S/C19H29N5O3/c1-4-17(25)24-11-8-15(13-24)23-19(20-2)22-10-9-21-18(26)14-6-5-7-16(12-14)27-3/h5-7,12,15H,4,8-11,13H2,1-3H3,(H,21,26)(H2,20,22,23). The van der Waals surface area contributed by atoms with Gasteiger partial charge < -0.3 is 25.6 Å². The van der Waals surface area contributed by atoms with Crippen molar-refractivity contribution < 1.29 is 14.3 Å². The molecule has 0 spiro atoms. The van der Waals surface area contributed by atoms with Gasteiger partial charge in [0.1, 0.15) is 5.75 Å². The number of hydrogen-bond donors (Lipinski definition) is 3. The summed E-state index contributed by atoms with van der Waals surface area (Å²) >= 11 is 0. The van der Waals surface area contributed by atoms with Crippen molar-refractivity contribution in [2.75, 3.05) is 40.3 Å². The largest absolute Gasteiger partial charge is 0.497 e. The monoisotopic (exact) mass is 375 g/mol. The summed E-state index contributed by atoms with van der Waals surface area (Å²) in [6, 6.07) is 7.22. The highest BCUT2D eigenvalue weighted by molar-refractivity contribution is 5.94. The number of benzene rings is 1. The molecule has 0 radical (unpaired) electrons. The fraction of sp³-hybridized carbons (Fsp3) is 0.526. The van der Waals surface area contributed by atoms with Crippen LogP contribution in [0.2, 0.25) is 0 Å². The molecule has 0 bridgehead atoms. The number of amides is 2. The first-order valence-electron chi connectivity index (χ1n) is 9.24. The van der Waals surface area contributed by atoms with Crippen molar-refractivity contribution in [1.29, 1.82) is 0 Å². The zero-order chi connectivity index (χ0) is 19.6. The lowest BCUT2D eigenvalue weighted by Crippen LogP contribution is -2.46. The Morgan fingerprint density at radius 3 is 2.78 bits per heavy atom. The first-order chi connectivity index (χ1) is 13.1. The average Bonchev–Trinajstić information content (AvgIpc) is 3.18. The molecule has 1 heterocycles. The summed E-state index contributed by atoms with van der Waals surface area (Å²) in [4.78, 5) is 30.0. The number of likely N-dealkylation sites (tertiary alicyclic amines) is 1. The van der Waals surface area contributed by atoms with E-state index in [2.05, 4.69) is 20.9 Å². The van der Waals surface area contributed by atoms with Gasteiger partial charge in [0.25, 0.3) is 5.91 Å². The van der Waals surface area contributed by atoms with E-state index in [1.54, 1.807) is 38.4 Å². The molecule has 2 rings (SSSR count). The molecule has 1 aliphatic rings. The highest BCUT2D eigenvalue weighted by atomic mass is 16.5. The number of ether oxygens (including phenoxy) is 1. The van der Waals surface area contributed by atoms with E-state index in [1.807, 2.05) is 11.8 Å². The molecule has 0 aliphatic carbocycles. The Balaban J connectivity index is 1.70. The normalized spacial score (nSPS) is 16.8. The maximum Gasteiger partial charge on any atom is 0.251 e. The van der Waals surface area contributed by atoms with E-state index in [0.717, 1.165) is 13.0 Å². The molecule has 1 aromatic rings. The van der Waals surface area contributed by atoms with Crippen LogP contribution < -0.4 is 20.7 Å². The van der Waals surface area contributed by atoms with E-state index in [1.165, 1.54) is 0 Å². The number of carbonyl (C=O) groups excluding carboxylic acids is 2. The lowest BCUT2D eigenvalue weighted by atomic mass is 10.2. The van der Waals surface area contributed by atoms with Crippen LogP contribution in [-0.2, 0) is 4.79 Å². The van der Waals surface area contributed by atoms with Crippen LogP contribution in [-0.4, -0.2) is 69.1 Å². The minimum absolute atomic E-state index is 0.150. The molecule has 1 saturated heterocycles. The van der Waals surface area contributed by atoms with Crippen LogP contribution >= 0.6 is 0 Å². The van der Waals surface area contributed by atoms with Crippen molar-refractivity contribution in [1.82, 2.24) is 20.9 Å². The Hall–Kier alpha value is -2.77. The predicted molar refractivity (Wildman–Crippen MR) is 105 cm³/mol. The van der Waals surface area contributed by atoms with Crippen molar-refractivity contribution in [2.24, 2.45) is 4.99 Å². The van der Waals surface area contributed by atoms with E-state index in [0.29, 0.717) is 43.3 Å². The Morgan fingerprint density at radius 2 is 2.07 bits per heavy atom. The van der Waals surface area contributed by atoms with Gasteiger partial charge in [0.15, 0.2) is 5.96 Å². The number of nitrogens with one attached hydrogen (secondary N) is 3. The van der Waals surface area contributed by atoms with Crippen LogP contribution in [0.15, 0.2) is 29.3 Å². The molecule has 1 aliphatic heterocycles. The van der Waals surface area contributed by atoms with Gasteiger partial charge in [0, 0.05) is 51.3 Å². The van der Waals surface area contributed by atoms with E-state index < -0.39 is 0 Å². The Morgan fingerprint density at radius 1 is 1.30 bits per heavy atom. The molecule has 148 valence electrons.